The van der Waals surface area contributed by atoms with Crippen molar-refractivity contribution in [3.05, 3.63) is 0 Å². The summed E-state index contributed by atoms with van der Waals surface area (Å²) in [6, 6.07) is 0. The Morgan fingerprint density at radius 2 is 2.26 bits per heavy atom. The van der Waals surface area contributed by atoms with E-state index in [1.807, 2.05) is 0 Å². The van der Waals surface area contributed by atoms with E-state index in [9.17, 15) is 4.79 Å². The monoisotopic (exact) mass is 303 g/mol. The van der Waals surface area contributed by atoms with E-state index in [0.717, 1.165) is 28.9 Å². The van der Waals surface area contributed by atoms with Crippen LogP contribution in [-0.2, 0) is 9.53 Å². The van der Waals surface area contributed by atoms with Gasteiger partial charge in [0.2, 0.25) is 5.13 Å². The second-order valence-electron chi connectivity index (χ2n) is 4.51. The molecule has 7 heteroatoms. The van der Waals surface area contributed by atoms with Crippen molar-refractivity contribution in [3.8, 4) is 0 Å². The average Bonchev–Trinajstić information content (AvgIpc) is 2.82. The highest BCUT2D eigenvalue weighted by molar-refractivity contribution is 8.01. The highest BCUT2D eigenvalue weighted by Gasteiger charge is 2.09. The largest absolute Gasteiger partial charge is 0.465 e. The summed E-state index contributed by atoms with van der Waals surface area (Å²) in [4.78, 5) is 11.4. The van der Waals surface area contributed by atoms with Crippen LogP contribution in [0.1, 0.15) is 33.6 Å². The molecule has 0 fully saturated rings. The molecule has 1 rings (SSSR count). The molecule has 0 unspecified atom stereocenters. The van der Waals surface area contributed by atoms with Crippen LogP contribution in [0.5, 0.6) is 0 Å². The van der Waals surface area contributed by atoms with E-state index < -0.39 is 0 Å². The predicted octanol–water partition coefficient (Wildman–Crippen LogP) is 3.04. The maximum Gasteiger partial charge on any atom is 0.316 e. The van der Waals surface area contributed by atoms with E-state index in [1.165, 1.54) is 23.1 Å². The van der Waals surface area contributed by atoms with Gasteiger partial charge in [-0.25, -0.2) is 0 Å². The van der Waals surface area contributed by atoms with Gasteiger partial charge in [0.25, 0.3) is 0 Å². The number of ether oxygens (including phenoxy) is 1. The van der Waals surface area contributed by atoms with Gasteiger partial charge >= 0.3 is 5.97 Å². The lowest BCUT2D eigenvalue weighted by molar-refractivity contribution is -0.140. The third-order valence-electron chi connectivity index (χ3n) is 2.14. The van der Waals surface area contributed by atoms with Gasteiger partial charge in [-0.3, -0.25) is 4.79 Å². The number of hydrogen-bond acceptors (Lipinski definition) is 7. The van der Waals surface area contributed by atoms with E-state index in [-0.39, 0.29) is 5.97 Å². The zero-order valence-electron chi connectivity index (χ0n) is 11.6. The molecular formula is C12H21N3O2S2. The first kappa shape index (κ1) is 16.2. The highest BCUT2D eigenvalue weighted by atomic mass is 32.2. The van der Waals surface area contributed by atoms with Crippen LogP contribution < -0.4 is 5.32 Å². The Hall–Kier alpha value is -0.820. The van der Waals surface area contributed by atoms with Gasteiger partial charge in [0, 0.05) is 6.54 Å². The Kier molecular flexibility index (Phi) is 7.81. The zero-order chi connectivity index (χ0) is 14.1. The molecule has 0 radical (unpaired) electrons. The number of nitrogens with one attached hydrogen (secondary N) is 1. The Morgan fingerprint density at radius 1 is 1.47 bits per heavy atom. The molecule has 0 aromatic carbocycles. The summed E-state index contributed by atoms with van der Waals surface area (Å²) in [6.07, 6.45) is 1.94. The molecule has 0 amide bonds. The molecule has 0 aliphatic heterocycles. The molecule has 0 atom stereocenters. The van der Waals surface area contributed by atoms with Crippen molar-refractivity contribution >= 4 is 34.2 Å². The van der Waals surface area contributed by atoms with Crippen molar-refractivity contribution in [1.29, 1.82) is 0 Å². The predicted molar refractivity (Wildman–Crippen MR) is 79.8 cm³/mol. The number of thioether (sulfide) groups is 1. The maximum atomic E-state index is 11.4. The number of rotatable bonds is 9. The first-order valence-electron chi connectivity index (χ1n) is 6.47. The molecule has 0 saturated heterocycles. The number of esters is 1. The molecule has 108 valence electrons. The van der Waals surface area contributed by atoms with Crippen molar-refractivity contribution < 1.29 is 9.53 Å². The van der Waals surface area contributed by atoms with Gasteiger partial charge in [-0.15, -0.1) is 10.2 Å². The summed E-state index contributed by atoms with van der Waals surface area (Å²) in [5.74, 6) is 0.668. The van der Waals surface area contributed by atoms with Crippen LogP contribution in [0.15, 0.2) is 4.34 Å². The van der Waals surface area contributed by atoms with Gasteiger partial charge in [0.05, 0.1) is 12.4 Å². The Labute approximate surface area is 122 Å². The summed E-state index contributed by atoms with van der Waals surface area (Å²) in [7, 11) is 0. The number of nitrogens with zero attached hydrogens (tertiary/aromatic N) is 2. The van der Waals surface area contributed by atoms with Crippen molar-refractivity contribution in [2.45, 2.75) is 38.0 Å². The van der Waals surface area contributed by atoms with Gasteiger partial charge in [0.1, 0.15) is 0 Å². The molecule has 0 spiro atoms. The second-order valence-corrected chi connectivity index (χ2v) is 6.71. The third-order valence-corrected chi connectivity index (χ3v) is 4.13. The van der Waals surface area contributed by atoms with Crippen LogP contribution in [0, 0.1) is 5.92 Å². The van der Waals surface area contributed by atoms with Gasteiger partial charge < -0.3 is 10.1 Å². The molecule has 5 nitrogen and oxygen atoms in total. The zero-order valence-corrected chi connectivity index (χ0v) is 13.3. The average molecular weight is 303 g/mol. The minimum atomic E-state index is -0.190. The standard InChI is InChI=1S/C12H21N3O2S2/c1-4-5-6-17-10(16)8-18-12-15-14-11(19-12)13-7-9(2)3/h9H,4-8H2,1-3H3,(H,13,14). The van der Waals surface area contributed by atoms with E-state index in [0.29, 0.717) is 18.3 Å². The van der Waals surface area contributed by atoms with Crippen LogP contribution in [-0.4, -0.2) is 35.1 Å². The first-order chi connectivity index (χ1) is 9.11. The van der Waals surface area contributed by atoms with Gasteiger partial charge in [-0.2, -0.15) is 0 Å². The van der Waals surface area contributed by atoms with Crippen LogP contribution >= 0.6 is 23.1 Å². The number of carbonyl (C=O) groups is 1. The molecule has 0 aliphatic rings. The summed E-state index contributed by atoms with van der Waals surface area (Å²) in [5.41, 5.74) is 0. The first-order valence-corrected chi connectivity index (χ1v) is 8.27. The van der Waals surface area contributed by atoms with E-state index in [2.05, 4.69) is 36.3 Å². The summed E-state index contributed by atoms with van der Waals surface area (Å²) >= 11 is 2.84. The fraction of sp³-hybridized carbons (Fsp3) is 0.750. The second kappa shape index (κ2) is 9.14. The molecular weight excluding hydrogens is 282 g/mol. The fourth-order valence-electron chi connectivity index (χ4n) is 1.12. The molecule has 19 heavy (non-hydrogen) atoms. The van der Waals surface area contributed by atoms with Gasteiger partial charge in [0.15, 0.2) is 4.34 Å². The lowest BCUT2D eigenvalue weighted by Gasteiger charge is -2.03. The number of carbonyl (C=O) groups excluding carboxylic acids is 1. The minimum Gasteiger partial charge on any atom is -0.465 e. The third kappa shape index (κ3) is 7.37. The smallest absolute Gasteiger partial charge is 0.316 e. The lowest BCUT2D eigenvalue weighted by Crippen LogP contribution is -2.08. The van der Waals surface area contributed by atoms with Crippen molar-refractivity contribution in [2.75, 3.05) is 24.2 Å². The molecule has 0 aliphatic carbocycles. The van der Waals surface area contributed by atoms with Crippen LogP contribution in [0.3, 0.4) is 0 Å². The van der Waals surface area contributed by atoms with Crippen LogP contribution in [0.25, 0.3) is 0 Å². The fourth-order valence-corrected chi connectivity index (χ4v) is 2.68. The Morgan fingerprint density at radius 3 is 2.95 bits per heavy atom. The van der Waals surface area contributed by atoms with Crippen molar-refractivity contribution in [3.63, 3.8) is 0 Å². The highest BCUT2D eigenvalue weighted by Crippen LogP contribution is 2.25. The molecule has 0 saturated carbocycles. The summed E-state index contributed by atoms with van der Waals surface area (Å²) in [6.45, 7) is 7.72. The molecule has 1 N–H and O–H groups in total. The lowest BCUT2D eigenvalue weighted by atomic mass is 10.2. The Bertz CT molecular complexity index is 383. The number of unbranched alkanes of at least 4 members (excludes halogenated alkanes) is 1. The van der Waals surface area contributed by atoms with Crippen LogP contribution in [0.4, 0.5) is 5.13 Å². The minimum absolute atomic E-state index is 0.190. The quantitative estimate of drug-likeness (QED) is 0.430. The van der Waals surface area contributed by atoms with Crippen molar-refractivity contribution in [2.24, 2.45) is 5.92 Å². The Balaban J connectivity index is 2.24. The number of aromatic nitrogens is 2. The van der Waals surface area contributed by atoms with Gasteiger partial charge in [-0.1, -0.05) is 50.3 Å². The summed E-state index contributed by atoms with van der Waals surface area (Å²) < 4.78 is 5.86. The molecule has 0 bridgehead atoms. The number of anilines is 1. The van der Waals surface area contributed by atoms with Crippen molar-refractivity contribution in [1.82, 2.24) is 10.2 Å². The van der Waals surface area contributed by atoms with Crippen LogP contribution in [0.2, 0.25) is 0 Å². The molecule has 1 aromatic heterocycles. The van der Waals surface area contributed by atoms with E-state index in [4.69, 9.17) is 4.74 Å². The topological polar surface area (TPSA) is 64.1 Å². The normalized spacial score (nSPS) is 10.7. The maximum absolute atomic E-state index is 11.4. The molecule has 1 aromatic rings. The summed E-state index contributed by atoms with van der Waals surface area (Å²) in [5, 5.41) is 12.1. The van der Waals surface area contributed by atoms with Gasteiger partial charge in [-0.05, 0) is 12.3 Å². The van der Waals surface area contributed by atoms with E-state index in [1.54, 1.807) is 0 Å². The SMILES string of the molecule is CCCCOC(=O)CSc1nnc(NCC(C)C)s1. The molecule has 1 heterocycles. The van der Waals surface area contributed by atoms with E-state index >= 15 is 0 Å². The number of hydrogen-bond donors (Lipinski definition) is 1.